The van der Waals surface area contributed by atoms with Gasteiger partial charge in [-0.1, -0.05) is 22.0 Å². The van der Waals surface area contributed by atoms with Crippen LogP contribution in [0, 0.1) is 11.6 Å². The first kappa shape index (κ1) is 22.6. The lowest BCUT2D eigenvalue weighted by Crippen LogP contribution is -2.29. The van der Waals surface area contributed by atoms with Gasteiger partial charge in [-0.05, 0) is 30.7 Å². The van der Waals surface area contributed by atoms with Crippen LogP contribution in [0.4, 0.5) is 20.4 Å². The van der Waals surface area contributed by atoms with Crippen molar-refractivity contribution in [1.82, 2.24) is 20.3 Å². The highest BCUT2D eigenvalue weighted by Gasteiger charge is 2.24. The van der Waals surface area contributed by atoms with Crippen molar-refractivity contribution in [2.24, 2.45) is 4.99 Å². The predicted molar refractivity (Wildman–Crippen MR) is 122 cm³/mol. The monoisotopic (exact) mass is 508 g/mol. The second kappa shape index (κ2) is 9.90. The van der Waals surface area contributed by atoms with Crippen LogP contribution in [0.25, 0.3) is 11.0 Å². The van der Waals surface area contributed by atoms with Gasteiger partial charge in [0.25, 0.3) is 0 Å². The summed E-state index contributed by atoms with van der Waals surface area (Å²) in [6, 6.07) is 8.12. The minimum atomic E-state index is -1.09. The number of fused-ring (bicyclic) bond motifs is 1. The third-order valence-electron chi connectivity index (χ3n) is 5.30. The van der Waals surface area contributed by atoms with Gasteiger partial charge in [0, 0.05) is 42.8 Å². The number of ether oxygens (including phenoxy) is 1. The average molecular weight is 509 g/mol. The molecule has 1 atom stereocenters. The second-order valence-electron chi connectivity index (χ2n) is 7.50. The molecular weight excluding hydrogens is 486 g/mol. The van der Waals surface area contributed by atoms with Gasteiger partial charge in [0.15, 0.2) is 17.5 Å². The first-order valence-corrected chi connectivity index (χ1v) is 10.9. The van der Waals surface area contributed by atoms with Crippen LogP contribution in [-0.2, 0) is 4.74 Å². The predicted octanol–water partition coefficient (Wildman–Crippen LogP) is 3.79. The number of nitrogens with one attached hydrogen (secondary N) is 3. The average Bonchev–Trinajstić information content (AvgIpc) is 3.40. The number of hydroxylamine groups is 1. The highest BCUT2D eigenvalue weighted by atomic mass is 79.9. The van der Waals surface area contributed by atoms with Crippen LogP contribution in [0.5, 0.6) is 0 Å². The molecule has 4 N–H and O–H groups in total. The van der Waals surface area contributed by atoms with Gasteiger partial charge in [-0.15, -0.1) is 0 Å². The Kier molecular flexibility index (Phi) is 6.99. The summed E-state index contributed by atoms with van der Waals surface area (Å²) in [4.78, 5) is 13.8. The van der Waals surface area contributed by atoms with E-state index in [1.54, 1.807) is 25.3 Å². The second-order valence-corrected chi connectivity index (χ2v) is 8.42. The number of imidazole rings is 1. The molecule has 1 aliphatic rings. The summed E-state index contributed by atoms with van der Waals surface area (Å²) in [6.07, 6.45) is 0.887. The Labute approximate surface area is 191 Å². The molecule has 0 aliphatic carbocycles. The van der Waals surface area contributed by atoms with Crippen LogP contribution in [-0.4, -0.2) is 65.3 Å². The van der Waals surface area contributed by atoms with E-state index in [2.05, 4.69) is 41.1 Å². The molecule has 0 spiro atoms. The van der Waals surface area contributed by atoms with Gasteiger partial charge < -0.3 is 15.0 Å². The van der Waals surface area contributed by atoms with Gasteiger partial charge in [-0.3, -0.25) is 15.6 Å². The van der Waals surface area contributed by atoms with E-state index in [1.807, 2.05) is 11.5 Å². The molecule has 1 aliphatic heterocycles. The standard InChI is InChI=1S/C21H23BrF2N6O2/c1-32-8-7-30-6-5-14(11-30)26-21-27-18-15(10-16(23)17(24)19(18)28-21)20(29-31)25-13-4-2-3-12(22)9-13/h2-4,9-10,14,31H,5-8,11H2,1H3,(H,25,29)(H2,26,27,28). The van der Waals surface area contributed by atoms with Crippen molar-refractivity contribution in [3.8, 4) is 0 Å². The Morgan fingerprint density at radius 3 is 3.00 bits per heavy atom. The summed E-state index contributed by atoms with van der Waals surface area (Å²) in [5.74, 6) is -1.88. The molecule has 32 heavy (non-hydrogen) atoms. The van der Waals surface area contributed by atoms with E-state index in [0.717, 1.165) is 36.6 Å². The summed E-state index contributed by atoms with van der Waals surface area (Å²) in [5, 5.41) is 12.9. The fourth-order valence-corrected chi connectivity index (χ4v) is 4.13. The summed E-state index contributed by atoms with van der Waals surface area (Å²) >= 11 is 3.36. The number of hydrogen-bond donors (Lipinski definition) is 4. The lowest BCUT2D eigenvalue weighted by atomic mass is 10.1. The fourth-order valence-electron chi connectivity index (χ4n) is 3.74. The van der Waals surface area contributed by atoms with E-state index in [4.69, 9.17) is 4.74 Å². The first-order chi connectivity index (χ1) is 15.5. The van der Waals surface area contributed by atoms with Gasteiger partial charge >= 0.3 is 0 Å². The number of H-pyrrole nitrogens is 1. The Hall–Kier alpha value is -2.60. The van der Waals surface area contributed by atoms with E-state index >= 15 is 0 Å². The maximum Gasteiger partial charge on any atom is 0.201 e. The van der Waals surface area contributed by atoms with Crippen LogP contribution in [0.1, 0.15) is 12.0 Å². The molecule has 0 bridgehead atoms. The molecule has 11 heteroatoms. The normalized spacial score (nSPS) is 17.3. The lowest BCUT2D eigenvalue weighted by molar-refractivity contribution is 0.160. The Bertz CT molecular complexity index is 1140. The van der Waals surface area contributed by atoms with Crippen molar-refractivity contribution in [3.63, 3.8) is 0 Å². The van der Waals surface area contributed by atoms with Crippen LogP contribution in [0.3, 0.4) is 0 Å². The quantitative estimate of drug-likeness (QED) is 0.220. The third-order valence-corrected chi connectivity index (χ3v) is 5.79. The molecule has 1 saturated heterocycles. The van der Waals surface area contributed by atoms with E-state index < -0.39 is 11.6 Å². The SMILES string of the molecule is COCCN1CCC(Nc2nc3c(F)c(F)cc(C(=Nc4cccc(Br)c4)NO)c3[nH]2)C1. The number of halogens is 3. The van der Waals surface area contributed by atoms with E-state index in [0.29, 0.717) is 18.2 Å². The summed E-state index contributed by atoms with van der Waals surface area (Å²) in [7, 11) is 1.67. The Balaban J connectivity index is 1.65. The number of hydrogen-bond acceptors (Lipinski definition) is 6. The highest BCUT2D eigenvalue weighted by molar-refractivity contribution is 9.10. The molecule has 8 nitrogen and oxygen atoms in total. The van der Waals surface area contributed by atoms with Crippen LogP contribution >= 0.6 is 15.9 Å². The molecule has 1 fully saturated rings. The molecule has 1 aromatic heterocycles. The van der Waals surface area contributed by atoms with Crippen molar-refractivity contribution in [1.29, 1.82) is 0 Å². The number of anilines is 1. The van der Waals surface area contributed by atoms with Crippen molar-refractivity contribution in [2.45, 2.75) is 12.5 Å². The van der Waals surface area contributed by atoms with Gasteiger partial charge in [0.1, 0.15) is 5.52 Å². The number of likely N-dealkylation sites (tertiary alicyclic amines) is 1. The van der Waals surface area contributed by atoms with Crippen molar-refractivity contribution in [2.75, 3.05) is 38.7 Å². The Morgan fingerprint density at radius 1 is 1.41 bits per heavy atom. The molecular formula is C21H23BrF2N6O2. The molecule has 4 rings (SSSR count). The van der Waals surface area contributed by atoms with Crippen LogP contribution in [0.15, 0.2) is 39.8 Å². The number of rotatable bonds is 7. The van der Waals surface area contributed by atoms with Crippen molar-refractivity contribution in [3.05, 3.63) is 52.0 Å². The maximum absolute atomic E-state index is 14.5. The topological polar surface area (TPSA) is 97.8 Å². The van der Waals surface area contributed by atoms with Crippen molar-refractivity contribution >= 4 is 44.4 Å². The number of aromatic nitrogens is 2. The molecule has 2 aromatic carbocycles. The maximum atomic E-state index is 14.5. The highest BCUT2D eigenvalue weighted by Crippen LogP contribution is 2.27. The molecule has 0 amide bonds. The Morgan fingerprint density at radius 2 is 2.25 bits per heavy atom. The lowest BCUT2D eigenvalue weighted by Gasteiger charge is -2.15. The largest absolute Gasteiger partial charge is 0.383 e. The molecule has 0 radical (unpaired) electrons. The fraction of sp³-hybridized carbons (Fsp3) is 0.333. The minimum absolute atomic E-state index is 0.0474. The molecule has 2 heterocycles. The zero-order valence-corrected chi connectivity index (χ0v) is 18.9. The molecule has 1 unspecified atom stereocenters. The number of aromatic amines is 1. The van der Waals surface area contributed by atoms with E-state index in [1.165, 1.54) is 0 Å². The smallest absolute Gasteiger partial charge is 0.201 e. The molecule has 170 valence electrons. The zero-order chi connectivity index (χ0) is 22.7. The summed E-state index contributed by atoms with van der Waals surface area (Å²) in [5.41, 5.74) is 2.69. The summed E-state index contributed by atoms with van der Waals surface area (Å²) < 4.78 is 34.8. The zero-order valence-electron chi connectivity index (χ0n) is 17.3. The van der Waals surface area contributed by atoms with Gasteiger partial charge in [0.05, 0.1) is 17.8 Å². The number of aliphatic imine (C=N–C) groups is 1. The molecule has 3 aromatic rings. The first-order valence-electron chi connectivity index (χ1n) is 10.1. The third kappa shape index (κ3) is 4.90. The molecule has 0 saturated carbocycles. The number of nitrogens with zero attached hydrogens (tertiary/aromatic N) is 3. The summed E-state index contributed by atoms with van der Waals surface area (Å²) in [6.45, 7) is 3.18. The number of amidine groups is 1. The number of benzene rings is 2. The van der Waals surface area contributed by atoms with Crippen LogP contribution in [0.2, 0.25) is 0 Å². The van der Waals surface area contributed by atoms with Gasteiger partial charge in [-0.2, -0.15) is 0 Å². The minimum Gasteiger partial charge on any atom is -0.383 e. The van der Waals surface area contributed by atoms with E-state index in [9.17, 15) is 14.0 Å². The number of methoxy groups -OCH3 is 1. The van der Waals surface area contributed by atoms with Gasteiger partial charge in [-0.25, -0.2) is 18.8 Å². The van der Waals surface area contributed by atoms with Gasteiger partial charge in [0.2, 0.25) is 5.95 Å². The van der Waals surface area contributed by atoms with Crippen LogP contribution < -0.4 is 10.8 Å². The van der Waals surface area contributed by atoms with E-state index in [-0.39, 0.29) is 28.5 Å². The van der Waals surface area contributed by atoms with Crippen molar-refractivity contribution < 1.29 is 18.7 Å².